The molecule has 0 spiro atoms. The van der Waals surface area contributed by atoms with Crippen molar-refractivity contribution in [3.63, 3.8) is 0 Å². The van der Waals surface area contributed by atoms with Crippen molar-refractivity contribution in [1.29, 1.82) is 0 Å². The molecule has 2 N–H and O–H groups in total. The van der Waals surface area contributed by atoms with E-state index in [9.17, 15) is 14.7 Å². The summed E-state index contributed by atoms with van der Waals surface area (Å²) in [7, 11) is 0. The number of carbonyl (C=O) groups excluding carboxylic acids is 1. The van der Waals surface area contributed by atoms with Crippen molar-refractivity contribution in [2.45, 2.75) is 0 Å². The Hall–Kier alpha value is -2.63. The lowest BCUT2D eigenvalue weighted by atomic mass is 10.1. The number of aliphatic carboxylic acids is 1. The first-order valence-electron chi connectivity index (χ1n) is 4.59. The van der Waals surface area contributed by atoms with Crippen LogP contribution in [0.3, 0.4) is 0 Å². The van der Waals surface area contributed by atoms with Crippen LogP contribution >= 0.6 is 0 Å². The maximum Gasteiger partial charge on any atom is 0.376 e. The number of fused-ring (bicyclic) bond motifs is 1. The van der Waals surface area contributed by atoms with Crippen molar-refractivity contribution in [2.24, 2.45) is 0 Å². The average Bonchev–Trinajstić information content (AvgIpc) is 2.75. The quantitative estimate of drug-likeness (QED) is 0.472. The molecule has 17 heavy (non-hydrogen) atoms. The SMILES string of the molecule is O=C(O)C(=O)C=C(O)c1ccc2ncoc2c1. The van der Waals surface area contributed by atoms with Crippen LogP contribution in [0.4, 0.5) is 0 Å². The minimum absolute atomic E-state index is 0.281. The van der Waals surface area contributed by atoms with Gasteiger partial charge in [0.25, 0.3) is 5.78 Å². The fourth-order valence-electron chi connectivity index (χ4n) is 1.28. The van der Waals surface area contributed by atoms with Gasteiger partial charge in [0.15, 0.2) is 12.0 Å². The minimum Gasteiger partial charge on any atom is -0.507 e. The third-order valence-electron chi connectivity index (χ3n) is 2.11. The standard InChI is InChI=1S/C11H7NO5/c13-8(4-9(14)11(15)16)6-1-2-7-10(3-6)17-5-12-7/h1-5,13H,(H,15,16). The molecule has 2 rings (SSSR count). The molecular formula is C11H7NO5. The highest BCUT2D eigenvalue weighted by Gasteiger charge is 2.11. The van der Waals surface area contributed by atoms with Crippen LogP contribution in [0.2, 0.25) is 0 Å². The molecule has 0 atom stereocenters. The van der Waals surface area contributed by atoms with E-state index in [0.717, 1.165) is 0 Å². The van der Waals surface area contributed by atoms with Crippen LogP contribution in [0.1, 0.15) is 5.56 Å². The lowest BCUT2D eigenvalue weighted by Crippen LogP contribution is -2.09. The van der Waals surface area contributed by atoms with Gasteiger partial charge in [-0.15, -0.1) is 0 Å². The van der Waals surface area contributed by atoms with Gasteiger partial charge in [-0.1, -0.05) is 0 Å². The van der Waals surface area contributed by atoms with Gasteiger partial charge in [-0.2, -0.15) is 0 Å². The Balaban J connectivity index is 2.39. The smallest absolute Gasteiger partial charge is 0.376 e. The van der Waals surface area contributed by atoms with Gasteiger partial charge in [0.1, 0.15) is 11.3 Å². The van der Waals surface area contributed by atoms with Crippen LogP contribution in [-0.2, 0) is 9.59 Å². The summed E-state index contributed by atoms with van der Waals surface area (Å²) in [4.78, 5) is 25.1. The number of aliphatic hydroxyl groups is 1. The molecule has 86 valence electrons. The second kappa shape index (κ2) is 4.09. The topological polar surface area (TPSA) is 101 Å². The molecule has 1 heterocycles. The van der Waals surface area contributed by atoms with Gasteiger partial charge >= 0.3 is 5.97 Å². The summed E-state index contributed by atoms with van der Waals surface area (Å²) in [6.07, 6.45) is 1.89. The number of aromatic nitrogens is 1. The molecule has 0 aliphatic rings. The molecule has 0 radical (unpaired) electrons. The van der Waals surface area contributed by atoms with E-state index in [-0.39, 0.29) is 5.56 Å². The fraction of sp³-hybridized carbons (Fsp3) is 0. The molecule has 0 fully saturated rings. The van der Waals surface area contributed by atoms with E-state index in [1.165, 1.54) is 18.5 Å². The Morgan fingerprint density at radius 2 is 2.06 bits per heavy atom. The molecule has 0 amide bonds. The number of hydrogen-bond donors (Lipinski definition) is 2. The highest BCUT2D eigenvalue weighted by molar-refractivity contribution is 6.38. The largest absolute Gasteiger partial charge is 0.507 e. The van der Waals surface area contributed by atoms with E-state index in [0.29, 0.717) is 17.2 Å². The predicted molar refractivity (Wildman–Crippen MR) is 57.3 cm³/mol. The zero-order chi connectivity index (χ0) is 12.4. The van der Waals surface area contributed by atoms with Gasteiger partial charge in [0, 0.05) is 11.6 Å². The monoisotopic (exact) mass is 233 g/mol. The van der Waals surface area contributed by atoms with E-state index in [1.807, 2.05) is 0 Å². The normalized spacial score (nSPS) is 11.6. The second-order valence-electron chi connectivity index (χ2n) is 3.23. The molecule has 0 saturated heterocycles. The molecule has 1 aromatic carbocycles. The first kappa shape index (κ1) is 10.9. The van der Waals surface area contributed by atoms with Crippen molar-refractivity contribution < 1.29 is 24.2 Å². The highest BCUT2D eigenvalue weighted by atomic mass is 16.4. The zero-order valence-electron chi connectivity index (χ0n) is 8.45. The summed E-state index contributed by atoms with van der Waals surface area (Å²) in [5.41, 5.74) is 1.32. The average molecular weight is 233 g/mol. The van der Waals surface area contributed by atoms with Crippen LogP contribution in [0, 0.1) is 0 Å². The number of nitrogens with zero attached hydrogens (tertiary/aromatic N) is 1. The van der Waals surface area contributed by atoms with Crippen molar-refractivity contribution in [2.75, 3.05) is 0 Å². The van der Waals surface area contributed by atoms with Gasteiger partial charge in [-0.05, 0) is 18.2 Å². The summed E-state index contributed by atoms with van der Waals surface area (Å²) in [5.74, 6) is -3.26. The van der Waals surface area contributed by atoms with Gasteiger partial charge in [0.05, 0.1) is 0 Å². The Kier molecular flexibility index (Phi) is 2.61. The van der Waals surface area contributed by atoms with Crippen LogP contribution < -0.4 is 0 Å². The highest BCUT2D eigenvalue weighted by Crippen LogP contribution is 2.18. The molecule has 0 bridgehead atoms. The van der Waals surface area contributed by atoms with Gasteiger partial charge in [-0.3, -0.25) is 4.79 Å². The van der Waals surface area contributed by atoms with Crippen molar-refractivity contribution in [3.8, 4) is 0 Å². The van der Waals surface area contributed by atoms with Crippen LogP contribution in [0.5, 0.6) is 0 Å². The summed E-state index contributed by atoms with van der Waals surface area (Å²) in [6, 6.07) is 4.55. The lowest BCUT2D eigenvalue weighted by molar-refractivity contribution is -0.146. The van der Waals surface area contributed by atoms with Crippen LogP contribution in [0.25, 0.3) is 16.9 Å². The van der Waals surface area contributed by atoms with Crippen molar-refractivity contribution in [3.05, 3.63) is 36.2 Å². The Morgan fingerprint density at radius 3 is 2.76 bits per heavy atom. The number of benzene rings is 1. The van der Waals surface area contributed by atoms with E-state index < -0.39 is 17.5 Å². The number of carboxylic acids is 1. The third kappa shape index (κ3) is 2.15. The fourth-order valence-corrected chi connectivity index (χ4v) is 1.28. The molecular weight excluding hydrogens is 226 g/mol. The number of oxazole rings is 1. The molecule has 0 unspecified atom stereocenters. The van der Waals surface area contributed by atoms with Crippen molar-refractivity contribution in [1.82, 2.24) is 4.98 Å². The summed E-state index contributed by atoms with van der Waals surface area (Å²) >= 11 is 0. The minimum atomic E-state index is -1.63. The number of ketones is 1. The Morgan fingerprint density at radius 1 is 1.29 bits per heavy atom. The summed E-state index contributed by atoms with van der Waals surface area (Å²) < 4.78 is 5.01. The Bertz CT molecular complexity index is 626. The van der Waals surface area contributed by atoms with E-state index in [4.69, 9.17) is 9.52 Å². The molecule has 2 aromatic rings. The molecule has 0 aliphatic carbocycles. The first-order valence-corrected chi connectivity index (χ1v) is 4.59. The molecule has 6 nitrogen and oxygen atoms in total. The molecule has 6 heteroatoms. The molecule has 0 aliphatic heterocycles. The van der Waals surface area contributed by atoms with Gasteiger partial charge in [-0.25, -0.2) is 9.78 Å². The molecule has 0 saturated carbocycles. The molecule has 1 aromatic heterocycles. The zero-order valence-corrected chi connectivity index (χ0v) is 8.45. The van der Waals surface area contributed by atoms with Crippen LogP contribution in [0.15, 0.2) is 35.1 Å². The number of carbonyl (C=O) groups is 2. The van der Waals surface area contributed by atoms with Gasteiger partial charge < -0.3 is 14.6 Å². The second-order valence-corrected chi connectivity index (χ2v) is 3.23. The summed E-state index contributed by atoms with van der Waals surface area (Å²) in [5, 5.41) is 17.9. The third-order valence-corrected chi connectivity index (χ3v) is 2.11. The van der Waals surface area contributed by atoms with Crippen molar-refractivity contribution >= 4 is 28.6 Å². The number of aliphatic hydroxyl groups excluding tert-OH is 1. The maximum atomic E-state index is 10.9. The predicted octanol–water partition coefficient (Wildman–Crippen LogP) is 1.38. The van der Waals surface area contributed by atoms with Crippen LogP contribution in [-0.4, -0.2) is 26.9 Å². The maximum absolute atomic E-state index is 10.9. The number of hydrogen-bond acceptors (Lipinski definition) is 5. The lowest BCUT2D eigenvalue weighted by Gasteiger charge is -1.98. The Labute approximate surface area is 94.8 Å². The number of rotatable bonds is 3. The summed E-state index contributed by atoms with van der Waals surface area (Å²) in [6.45, 7) is 0. The first-order chi connectivity index (χ1) is 8.08. The van der Waals surface area contributed by atoms with E-state index in [2.05, 4.69) is 4.98 Å². The number of carboxylic acid groups (broad SMARTS) is 1. The van der Waals surface area contributed by atoms with E-state index in [1.54, 1.807) is 6.07 Å². The van der Waals surface area contributed by atoms with E-state index >= 15 is 0 Å². The van der Waals surface area contributed by atoms with Gasteiger partial charge in [0.2, 0.25) is 0 Å².